The second-order valence-electron chi connectivity index (χ2n) is 6.35. The number of thiazole rings is 1. The van der Waals surface area contributed by atoms with Crippen LogP contribution >= 0.6 is 11.3 Å². The minimum absolute atomic E-state index is 0.194. The average molecular weight is 415 g/mol. The van der Waals surface area contributed by atoms with E-state index in [4.69, 9.17) is 0 Å². The molecule has 2 aromatic carbocycles. The van der Waals surface area contributed by atoms with Gasteiger partial charge < -0.3 is 0 Å². The Bertz CT molecular complexity index is 1360. The van der Waals surface area contributed by atoms with Gasteiger partial charge in [-0.1, -0.05) is 11.3 Å². The van der Waals surface area contributed by atoms with Gasteiger partial charge in [-0.2, -0.15) is 0 Å². The van der Waals surface area contributed by atoms with Crippen molar-refractivity contribution in [1.82, 2.24) is 9.97 Å². The zero-order valence-electron chi connectivity index (χ0n) is 14.9. The standard InChI is InChI=1S/C19H14FN3O3S2/c1-10-7-14(13-5-3-11(20)8-16(13)21-10)18(24)23-19-22-15-6-4-12(28(2,25)26)9-17(15)27-19/h3-9H,1-2H3,(H,22,23,24). The zero-order chi connectivity index (χ0) is 20.1. The van der Waals surface area contributed by atoms with Crippen LogP contribution in [0, 0.1) is 12.7 Å². The number of nitrogens with zero attached hydrogens (tertiary/aromatic N) is 2. The van der Waals surface area contributed by atoms with Gasteiger partial charge in [0.15, 0.2) is 15.0 Å². The number of pyridine rings is 1. The third kappa shape index (κ3) is 3.46. The first kappa shape index (κ1) is 18.5. The fourth-order valence-electron chi connectivity index (χ4n) is 2.88. The quantitative estimate of drug-likeness (QED) is 0.547. The molecule has 0 saturated heterocycles. The molecule has 0 saturated carbocycles. The maximum absolute atomic E-state index is 13.5. The third-order valence-electron chi connectivity index (χ3n) is 4.15. The summed E-state index contributed by atoms with van der Waals surface area (Å²) in [5, 5.41) is 3.61. The smallest absolute Gasteiger partial charge is 0.258 e. The van der Waals surface area contributed by atoms with Gasteiger partial charge in [0.1, 0.15) is 5.82 Å². The molecule has 28 heavy (non-hydrogen) atoms. The van der Waals surface area contributed by atoms with Crippen LogP contribution in [0.25, 0.3) is 21.1 Å². The van der Waals surface area contributed by atoms with Crippen LogP contribution in [0.15, 0.2) is 47.4 Å². The number of hydrogen-bond acceptors (Lipinski definition) is 6. The summed E-state index contributed by atoms with van der Waals surface area (Å²) >= 11 is 1.18. The first-order valence-electron chi connectivity index (χ1n) is 8.19. The number of carbonyl (C=O) groups is 1. The minimum atomic E-state index is -3.33. The van der Waals surface area contributed by atoms with Crippen LogP contribution in [-0.4, -0.2) is 30.5 Å². The topological polar surface area (TPSA) is 89.0 Å². The molecule has 4 rings (SSSR count). The maximum atomic E-state index is 13.5. The van der Waals surface area contributed by atoms with Gasteiger partial charge in [0.05, 0.1) is 26.2 Å². The van der Waals surface area contributed by atoms with E-state index in [2.05, 4.69) is 15.3 Å². The number of fused-ring (bicyclic) bond motifs is 2. The van der Waals surface area contributed by atoms with E-state index in [0.717, 1.165) is 6.26 Å². The van der Waals surface area contributed by atoms with Crippen LogP contribution in [0.3, 0.4) is 0 Å². The van der Waals surface area contributed by atoms with E-state index >= 15 is 0 Å². The average Bonchev–Trinajstić information content (AvgIpc) is 3.01. The molecule has 2 aromatic heterocycles. The van der Waals surface area contributed by atoms with Crippen molar-refractivity contribution < 1.29 is 17.6 Å². The van der Waals surface area contributed by atoms with Crippen LogP contribution < -0.4 is 5.32 Å². The molecule has 6 nitrogen and oxygen atoms in total. The largest absolute Gasteiger partial charge is 0.298 e. The Morgan fingerprint density at radius 3 is 2.61 bits per heavy atom. The number of sulfone groups is 1. The van der Waals surface area contributed by atoms with Crippen molar-refractivity contribution in [1.29, 1.82) is 0 Å². The molecular formula is C19H14FN3O3S2. The summed E-state index contributed by atoms with van der Waals surface area (Å²) in [6, 6.07) is 10.3. The predicted octanol–water partition coefficient (Wildman–Crippen LogP) is 3.95. The van der Waals surface area contributed by atoms with Gasteiger partial charge in [0.25, 0.3) is 5.91 Å². The van der Waals surface area contributed by atoms with E-state index < -0.39 is 21.6 Å². The van der Waals surface area contributed by atoms with Crippen molar-refractivity contribution in [3.05, 3.63) is 59.5 Å². The number of aromatic nitrogens is 2. The Labute approximate surface area is 164 Å². The van der Waals surface area contributed by atoms with Gasteiger partial charge in [-0.3, -0.25) is 15.1 Å². The normalized spacial score (nSPS) is 11.8. The van der Waals surface area contributed by atoms with Gasteiger partial charge in [0, 0.05) is 23.4 Å². The molecule has 2 heterocycles. The van der Waals surface area contributed by atoms with Crippen molar-refractivity contribution in [2.24, 2.45) is 0 Å². The second-order valence-corrected chi connectivity index (χ2v) is 9.39. The molecule has 0 atom stereocenters. The molecule has 0 fully saturated rings. The summed E-state index contributed by atoms with van der Waals surface area (Å²) in [5.74, 6) is -0.825. The number of benzene rings is 2. The Balaban J connectivity index is 1.72. The van der Waals surface area contributed by atoms with Crippen LogP contribution in [0.1, 0.15) is 16.1 Å². The number of hydrogen-bond donors (Lipinski definition) is 1. The van der Waals surface area contributed by atoms with Gasteiger partial charge >= 0.3 is 0 Å². The summed E-state index contributed by atoms with van der Waals surface area (Å²) in [4.78, 5) is 21.6. The molecule has 0 aliphatic heterocycles. The number of halogens is 1. The molecule has 1 amide bonds. The molecule has 142 valence electrons. The monoisotopic (exact) mass is 415 g/mol. The molecular weight excluding hydrogens is 401 g/mol. The van der Waals surface area contributed by atoms with E-state index in [1.807, 2.05) is 0 Å². The Morgan fingerprint density at radius 1 is 1.07 bits per heavy atom. The van der Waals surface area contributed by atoms with E-state index in [9.17, 15) is 17.6 Å². The molecule has 0 unspecified atom stereocenters. The van der Waals surface area contributed by atoms with Crippen molar-refractivity contribution in [2.75, 3.05) is 11.6 Å². The highest BCUT2D eigenvalue weighted by Crippen LogP contribution is 2.29. The lowest BCUT2D eigenvalue weighted by atomic mass is 10.1. The molecule has 0 radical (unpaired) electrons. The highest BCUT2D eigenvalue weighted by Gasteiger charge is 2.16. The highest BCUT2D eigenvalue weighted by molar-refractivity contribution is 7.90. The van der Waals surface area contributed by atoms with Crippen molar-refractivity contribution in [3.8, 4) is 0 Å². The van der Waals surface area contributed by atoms with Crippen LogP contribution in [0.2, 0.25) is 0 Å². The number of nitrogens with one attached hydrogen (secondary N) is 1. The lowest BCUT2D eigenvalue weighted by Gasteiger charge is -2.07. The van der Waals surface area contributed by atoms with Gasteiger partial charge in [-0.25, -0.2) is 17.8 Å². The van der Waals surface area contributed by atoms with Gasteiger partial charge in [-0.15, -0.1) is 0 Å². The minimum Gasteiger partial charge on any atom is -0.298 e. The molecule has 0 bridgehead atoms. The van der Waals surface area contributed by atoms with Crippen molar-refractivity contribution in [3.63, 3.8) is 0 Å². The zero-order valence-corrected chi connectivity index (χ0v) is 16.5. The summed E-state index contributed by atoms with van der Waals surface area (Å²) in [6.07, 6.45) is 1.14. The Hall–Kier alpha value is -2.91. The van der Waals surface area contributed by atoms with Gasteiger partial charge in [-0.05, 0) is 43.3 Å². The number of carbonyl (C=O) groups excluding carboxylic acids is 1. The lowest BCUT2D eigenvalue weighted by Crippen LogP contribution is -2.13. The van der Waals surface area contributed by atoms with Crippen LogP contribution in [0.5, 0.6) is 0 Å². The maximum Gasteiger partial charge on any atom is 0.258 e. The number of anilines is 1. The Morgan fingerprint density at radius 2 is 1.86 bits per heavy atom. The van der Waals surface area contributed by atoms with E-state index in [1.54, 1.807) is 19.1 Å². The molecule has 0 spiro atoms. The third-order valence-corrected chi connectivity index (χ3v) is 6.20. The lowest BCUT2D eigenvalue weighted by molar-refractivity contribution is 0.102. The first-order chi connectivity index (χ1) is 13.2. The summed E-state index contributed by atoms with van der Waals surface area (Å²) in [5.41, 5.74) is 1.93. The molecule has 1 N–H and O–H groups in total. The van der Waals surface area contributed by atoms with Gasteiger partial charge in [0.2, 0.25) is 0 Å². The number of rotatable bonds is 3. The summed E-state index contributed by atoms with van der Waals surface area (Å²) in [6.45, 7) is 1.73. The molecule has 0 aliphatic carbocycles. The van der Waals surface area contributed by atoms with Crippen molar-refractivity contribution >= 4 is 53.3 Å². The SMILES string of the molecule is Cc1cc(C(=O)Nc2nc3ccc(S(C)(=O)=O)cc3s2)c2ccc(F)cc2n1. The van der Waals surface area contributed by atoms with Crippen molar-refractivity contribution in [2.45, 2.75) is 11.8 Å². The second kappa shape index (κ2) is 6.61. The van der Waals surface area contributed by atoms with E-state index in [-0.39, 0.29) is 4.90 Å². The van der Waals surface area contributed by atoms with E-state index in [1.165, 1.54) is 41.7 Å². The predicted molar refractivity (Wildman–Crippen MR) is 107 cm³/mol. The summed E-state index contributed by atoms with van der Waals surface area (Å²) in [7, 11) is -3.33. The molecule has 9 heteroatoms. The van der Waals surface area contributed by atoms with Crippen LogP contribution in [-0.2, 0) is 9.84 Å². The fraction of sp³-hybridized carbons (Fsp3) is 0.105. The molecule has 0 aliphatic rings. The van der Waals surface area contributed by atoms with Crippen LogP contribution in [0.4, 0.5) is 9.52 Å². The molecule has 4 aromatic rings. The number of aryl methyl sites for hydroxylation is 1. The first-order valence-corrected chi connectivity index (χ1v) is 10.9. The highest BCUT2D eigenvalue weighted by atomic mass is 32.2. The Kier molecular flexibility index (Phi) is 4.35. The number of amides is 1. The summed E-state index contributed by atoms with van der Waals surface area (Å²) < 4.78 is 37.6. The van der Waals surface area contributed by atoms with E-state index in [0.29, 0.717) is 37.5 Å². The fourth-order valence-corrected chi connectivity index (χ4v) is 4.50.